The number of nitro benzene ring substituents is 1. The van der Waals surface area contributed by atoms with Crippen LogP contribution in [0.1, 0.15) is 18.6 Å². The molecule has 110 valence electrons. The van der Waals surface area contributed by atoms with Crippen LogP contribution in [0.15, 0.2) is 40.9 Å². The van der Waals surface area contributed by atoms with Crippen LogP contribution in [0.5, 0.6) is 11.5 Å². The molecule has 0 aromatic heterocycles. The zero-order valence-corrected chi connectivity index (χ0v) is 12.5. The van der Waals surface area contributed by atoms with Crippen molar-refractivity contribution >= 4 is 21.6 Å². The fourth-order valence-electron chi connectivity index (χ4n) is 1.70. The Morgan fingerprint density at radius 3 is 2.52 bits per heavy atom. The second-order valence-electron chi connectivity index (χ2n) is 4.34. The summed E-state index contributed by atoms with van der Waals surface area (Å²) >= 11 is 3.27. The average molecular weight is 356 g/mol. The summed E-state index contributed by atoms with van der Waals surface area (Å²) in [5.41, 5.74) is 0.212. The Morgan fingerprint density at radius 1 is 1.29 bits per heavy atom. The lowest BCUT2D eigenvalue weighted by molar-refractivity contribution is -0.385. The van der Waals surface area contributed by atoms with E-state index in [1.165, 1.54) is 6.07 Å². The van der Waals surface area contributed by atoms with Gasteiger partial charge >= 0.3 is 5.69 Å². The molecule has 0 saturated heterocycles. The molecule has 0 fully saturated rings. The van der Waals surface area contributed by atoms with Crippen LogP contribution in [0, 0.1) is 15.9 Å². The number of rotatable bonds is 4. The first-order chi connectivity index (χ1) is 9.88. The Balaban J connectivity index is 2.37. The van der Waals surface area contributed by atoms with Gasteiger partial charge in [-0.25, -0.2) is 4.39 Å². The van der Waals surface area contributed by atoms with Crippen LogP contribution in [-0.4, -0.2) is 10.0 Å². The average Bonchev–Trinajstić information content (AvgIpc) is 2.42. The van der Waals surface area contributed by atoms with Crippen LogP contribution in [0.4, 0.5) is 10.1 Å². The third-order valence-electron chi connectivity index (χ3n) is 2.78. The molecular formula is C14H11BrFNO4. The van der Waals surface area contributed by atoms with Crippen molar-refractivity contribution in [2.45, 2.75) is 13.0 Å². The Hall–Kier alpha value is -1.99. The molecule has 0 heterocycles. The third-order valence-corrected chi connectivity index (χ3v) is 3.40. The summed E-state index contributed by atoms with van der Waals surface area (Å²) in [6.07, 6.45) is -0.643. The van der Waals surface area contributed by atoms with E-state index in [-0.39, 0.29) is 5.75 Å². The molecule has 0 aliphatic heterocycles. The molecule has 2 aromatic rings. The Bertz CT molecular complexity index is 691. The smallest absolute Gasteiger partial charge is 0.314 e. The minimum absolute atomic E-state index is 0.0631. The van der Waals surface area contributed by atoms with Gasteiger partial charge in [0.15, 0.2) is 0 Å². The molecule has 0 saturated carbocycles. The second kappa shape index (κ2) is 6.19. The van der Waals surface area contributed by atoms with E-state index in [0.717, 1.165) is 12.1 Å². The Kier molecular flexibility index (Phi) is 4.54. The highest BCUT2D eigenvalue weighted by Gasteiger charge is 2.18. The minimum atomic E-state index is -0.712. The molecule has 1 atom stereocenters. The summed E-state index contributed by atoms with van der Waals surface area (Å²) in [5, 5.41) is 20.4. The maximum atomic E-state index is 13.1. The quantitative estimate of drug-likeness (QED) is 0.653. The van der Waals surface area contributed by atoms with Gasteiger partial charge < -0.3 is 9.84 Å². The Labute approximate surface area is 128 Å². The zero-order chi connectivity index (χ0) is 15.6. The van der Waals surface area contributed by atoms with Gasteiger partial charge in [0.1, 0.15) is 11.6 Å². The van der Waals surface area contributed by atoms with E-state index >= 15 is 0 Å². The fourth-order valence-corrected chi connectivity index (χ4v) is 2.18. The molecule has 0 unspecified atom stereocenters. The maximum absolute atomic E-state index is 13.1. The molecule has 0 bridgehead atoms. The SMILES string of the molecule is C[C@@H](O)c1ccc(Oc2ccc(F)cc2[N+](=O)[O-])c(Br)c1. The van der Waals surface area contributed by atoms with Crippen molar-refractivity contribution < 1.29 is 19.2 Å². The lowest BCUT2D eigenvalue weighted by atomic mass is 10.1. The lowest BCUT2D eigenvalue weighted by Crippen LogP contribution is -1.96. The monoisotopic (exact) mass is 355 g/mol. The van der Waals surface area contributed by atoms with Gasteiger partial charge in [-0.05, 0) is 52.7 Å². The Morgan fingerprint density at radius 2 is 1.95 bits per heavy atom. The van der Waals surface area contributed by atoms with Crippen LogP contribution in [-0.2, 0) is 0 Å². The first kappa shape index (κ1) is 15.4. The molecule has 5 nitrogen and oxygen atoms in total. The van der Waals surface area contributed by atoms with Crippen LogP contribution >= 0.6 is 15.9 Å². The summed E-state index contributed by atoms with van der Waals surface area (Å²) in [6.45, 7) is 1.62. The highest BCUT2D eigenvalue weighted by atomic mass is 79.9. The van der Waals surface area contributed by atoms with Crippen LogP contribution in [0.25, 0.3) is 0 Å². The molecule has 0 radical (unpaired) electrons. The van der Waals surface area contributed by atoms with Gasteiger partial charge in [-0.15, -0.1) is 0 Å². The van der Waals surface area contributed by atoms with Crippen molar-refractivity contribution in [3.05, 3.63) is 62.4 Å². The summed E-state index contributed by atoms with van der Waals surface area (Å²) in [6, 6.07) is 7.94. The predicted molar refractivity (Wildman–Crippen MR) is 77.9 cm³/mol. The zero-order valence-electron chi connectivity index (χ0n) is 10.9. The first-order valence-electron chi connectivity index (χ1n) is 5.98. The van der Waals surface area contributed by atoms with Crippen LogP contribution in [0.3, 0.4) is 0 Å². The largest absolute Gasteiger partial charge is 0.449 e. The van der Waals surface area contributed by atoms with E-state index in [1.54, 1.807) is 25.1 Å². The normalized spacial score (nSPS) is 12.0. The van der Waals surface area contributed by atoms with E-state index in [9.17, 15) is 19.6 Å². The van der Waals surface area contributed by atoms with Crippen molar-refractivity contribution in [2.75, 3.05) is 0 Å². The lowest BCUT2D eigenvalue weighted by Gasteiger charge is -2.11. The van der Waals surface area contributed by atoms with Gasteiger partial charge in [0, 0.05) is 0 Å². The molecule has 2 aromatic carbocycles. The van der Waals surface area contributed by atoms with Gasteiger partial charge in [-0.3, -0.25) is 10.1 Å². The summed E-state index contributed by atoms with van der Waals surface area (Å²) in [7, 11) is 0. The summed E-state index contributed by atoms with van der Waals surface area (Å²) < 4.78 is 19.1. The molecular weight excluding hydrogens is 345 g/mol. The minimum Gasteiger partial charge on any atom is -0.449 e. The summed E-state index contributed by atoms with van der Waals surface area (Å²) in [4.78, 5) is 10.2. The van der Waals surface area contributed by atoms with Crippen LogP contribution < -0.4 is 4.74 Å². The fraction of sp³-hybridized carbons (Fsp3) is 0.143. The molecule has 1 N–H and O–H groups in total. The van der Waals surface area contributed by atoms with E-state index in [0.29, 0.717) is 15.8 Å². The van der Waals surface area contributed by atoms with E-state index < -0.39 is 22.5 Å². The third kappa shape index (κ3) is 3.56. The molecule has 0 spiro atoms. The van der Waals surface area contributed by atoms with Crippen molar-refractivity contribution in [3.8, 4) is 11.5 Å². The van der Waals surface area contributed by atoms with E-state index in [4.69, 9.17) is 4.74 Å². The number of aliphatic hydroxyl groups is 1. The van der Waals surface area contributed by atoms with Gasteiger partial charge in [0.05, 0.1) is 21.6 Å². The number of aliphatic hydroxyl groups excluding tert-OH is 1. The number of benzene rings is 2. The number of ether oxygens (including phenoxy) is 1. The van der Waals surface area contributed by atoms with Crippen molar-refractivity contribution in [1.82, 2.24) is 0 Å². The van der Waals surface area contributed by atoms with Gasteiger partial charge in [0.25, 0.3) is 0 Å². The number of hydrogen-bond donors (Lipinski definition) is 1. The maximum Gasteiger partial charge on any atom is 0.314 e. The number of halogens is 2. The van der Waals surface area contributed by atoms with Crippen molar-refractivity contribution in [2.24, 2.45) is 0 Å². The van der Waals surface area contributed by atoms with Crippen molar-refractivity contribution in [1.29, 1.82) is 0 Å². The van der Waals surface area contributed by atoms with Gasteiger partial charge in [-0.2, -0.15) is 0 Å². The molecule has 0 aliphatic carbocycles. The highest BCUT2D eigenvalue weighted by molar-refractivity contribution is 9.10. The summed E-state index contributed by atoms with van der Waals surface area (Å²) in [5.74, 6) is -0.446. The number of nitrogens with zero attached hydrogens (tertiary/aromatic N) is 1. The standard InChI is InChI=1S/C14H11BrFNO4/c1-8(18)9-2-4-13(11(15)6-9)21-14-5-3-10(16)7-12(14)17(19)20/h2-8,18H,1H3/t8-/m1/s1. The first-order valence-corrected chi connectivity index (χ1v) is 6.77. The highest BCUT2D eigenvalue weighted by Crippen LogP contribution is 2.36. The number of nitro groups is 1. The van der Waals surface area contributed by atoms with E-state index in [1.807, 2.05) is 0 Å². The second-order valence-corrected chi connectivity index (χ2v) is 5.19. The van der Waals surface area contributed by atoms with Crippen LogP contribution in [0.2, 0.25) is 0 Å². The van der Waals surface area contributed by atoms with Gasteiger partial charge in [-0.1, -0.05) is 6.07 Å². The molecule has 7 heteroatoms. The topological polar surface area (TPSA) is 72.6 Å². The molecule has 2 rings (SSSR count). The van der Waals surface area contributed by atoms with Crippen molar-refractivity contribution in [3.63, 3.8) is 0 Å². The predicted octanol–water partition coefficient (Wildman–Crippen LogP) is 4.34. The molecule has 21 heavy (non-hydrogen) atoms. The molecule has 0 amide bonds. The molecule has 0 aliphatic rings. The van der Waals surface area contributed by atoms with Gasteiger partial charge in [0.2, 0.25) is 5.75 Å². The van der Waals surface area contributed by atoms with E-state index in [2.05, 4.69) is 15.9 Å². The number of hydrogen-bond acceptors (Lipinski definition) is 4.